The van der Waals surface area contributed by atoms with E-state index in [1.807, 2.05) is 13.8 Å². The zero-order valence-electron chi connectivity index (χ0n) is 9.70. The first-order chi connectivity index (χ1) is 7.69. The van der Waals surface area contributed by atoms with Crippen LogP contribution in [-0.2, 0) is 11.3 Å². The van der Waals surface area contributed by atoms with E-state index >= 15 is 0 Å². The maximum absolute atomic E-state index is 13.4. The first-order valence-corrected chi connectivity index (χ1v) is 5.40. The topological polar surface area (TPSA) is 44.5 Å². The van der Waals surface area contributed by atoms with Gasteiger partial charge in [0.15, 0.2) is 0 Å². The van der Waals surface area contributed by atoms with Crippen LogP contribution in [0.2, 0.25) is 0 Å². The zero-order valence-corrected chi connectivity index (χ0v) is 9.70. The van der Waals surface area contributed by atoms with Gasteiger partial charge in [0, 0.05) is 18.7 Å². The molecule has 0 saturated heterocycles. The van der Waals surface area contributed by atoms with E-state index < -0.39 is 0 Å². The minimum absolute atomic E-state index is 0.118. The molecule has 0 spiro atoms. The molecule has 1 aromatic carbocycles. The van der Waals surface area contributed by atoms with Gasteiger partial charge in [-0.1, -0.05) is 6.07 Å². The highest BCUT2D eigenvalue weighted by molar-refractivity contribution is 5.34. The van der Waals surface area contributed by atoms with Crippen molar-refractivity contribution in [1.29, 1.82) is 0 Å². The molecule has 1 aromatic rings. The lowest BCUT2D eigenvalue weighted by Gasteiger charge is -2.17. The van der Waals surface area contributed by atoms with E-state index in [1.165, 1.54) is 6.07 Å². The highest BCUT2D eigenvalue weighted by atomic mass is 19.1. The minimum Gasteiger partial charge on any atom is -0.488 e. The van der Waals surface area contributed by atoms with E-state index in [1.54, 1.807) is 12.1 Å². The summed E-state index contributed by atoms with van der Waals surface area (Å²) in [4.78, 5) is 0. The van der Waals surface area contributed by atoms with Gasteiger partial charge in [-0.3, -0.25) is 0 Å². The Labute approximate surface area is 95.4 Å². The molecule has 0 saturated carbocycles. The molecule has 0 bridgehead atoms. The Morgan fingerprint density at radius 2 is 2.19 bits per heavy atom. The van der Waals surface area contributed by atoms with Gasteiger partial charge >= 0.3 is 0 Å². The van der Waals surface area contributed by atoms with Crippen molar-refractivity contribution in [3.05, 3.63) is 29.6 Å². The van der Waals surface area contributed by atoms with Gasteiger partial charge in [0.1, 0.15) is 17.7 Å². The SMILES string of the molecule is CCOCC(C)Oc1cccc(F)c1CN. The van der Waals surface area contributed by atoms with Crippen LogP contribution in [0.15, 0.2) is 18.2 Å². The zero-order chi connectivity index (χ0) is 12.0. The van der Waals surface area contributed by atoms with Crippen molar-refractivity contribution in [1.82, 2.24) is 0 Å². The van der Waals surface area contributed by atoms with Gasteiger partial charge in [0.25, 0.3) is 0 Å². The number of hydrogen-bond acceptors (Lipinski definition) is 3. The van der Waals surface area contributed by atoms with Crippen molar-refractivity contribution >= 4 is 0 Å². The lowest BCUT2D eigenvalue weighted by atomic mass is 10.2. The van der Waals surface area contributed by atoms with E-state index in [0.717, 1.165) is 0 Å². The fourth-order valence-electron chi connectivity index (χ4n) is 1.38. The lowest BCUT2D eigenvalue weighted by molar-refractivity contribution is 0.0650. The third kappa shape index (κ3) is 3.47. The van der Waals surface area contributed by atoms with Crippen molar-refractivity contribution < 1.29 is 13.9 Å². The van der Waals surface area contributed by atoms with Gasteiger partial charge in [0.2, 0.25) is 0 Å². The largest absolute Gasteiger partial charge is 0.488 e. The Hall–Kier alpha value is -1.13. The number of nitrogens with two attached hydrogens (primary N) is 1. The molecule has 0 aliphatic carbocycles. The Bertz CT molecular complexity index is 331. The summed E-state index contributed by atoms with van der Waals surface area (Å²) in [5.74, 6) is 0.165. The summed E-state index contributed by atoms with van der Waals surface area (Å²) in [6, 6.07) is 4.70. The number of benzene rings is 1. The maximum atomic E-state index is 13.4. The maximum Gasteiger partial charge on any atom is 0.131 e. The molecule has 1 unspecified atom stereocenters. The number of halogens is 1. The molecule has 3 nitrogen and oxygen atoms in total. The molecule has 0 heterocycles. The molecule has 2 N–H and O–H groups in total. The molecular formula is C12H18FNO2. The molecule has 1 rings (SSSR count). The summed E-state index contributed by atoms with van der Waals surface area (Å²) < 4.78 is 24.2. The second kappa shape index (κ2) is 6.45. The monoisotopic (exact) mass is 227 g/mol. The van der Waals surface area contributed by atoms with E-state index in [4.69, 9.17) is 15.2 Å². The van der Waals surface area contributed by atoms with Crippen molar-refractivity contribution in [3.63, 3.8) is 0 Å². The standard InChI is InChI=1S/C12H18FNO2/c1-3-15-8-9(2)16-12-6-4-5-11(13)10(12)7-14/h4-6,9H,3,7-8,14H2,1-2H3. The molecule has 0 aliphatic heterocycles. The van der Waals surface area contributed by atoms with Crippen molar-refractivity contribution in [3.8, 4) is 5.75 Å². The molecule has 16 heavy (non-hydrogen) atoms. The highest BCUT2D eigenvalue weighted by Gasteiger charge is 2.11. The predicted molar refractivity (Wildman–Crippen MR) is 60.9 cm³/mol. The fraction of sp³-hybridized carbons (Fsp3) is 0.500. The van der Waals surface area contributed by atoms with Crippen LogP contribution in [0.1, 0.15) is 19.4 Å². The third-order valence-corrected chi connectivity index (χ3v) is 2.16. The van der Waals surface area contributed by atoms with E-state index in [-0.39, 0.29) is 18.5 Å². The second-order valence-electron chi connectivity index (χ2n) is 3.51. The Kier molecular flexibility index (Phi) is 5.22. The van der Waals surface area contributed by atoms with E-state index in [9.17, 15) is 4.39 Å². The summed E-state index contributed by atoms with van der Waals surface area (Å²) in [5, 5.41) is 0. The summed E-state index contributed by atoms with van der Waals surface area (Å²) >= 11 is 0. The first-order valence-electron chi connectivity index (χ1n) is 5.40. The Morgan fingerprint density at radius 1 is 1.44 bits per heavy atom. The van der Waals surface area contributed by atoms with Crippen LogP contribution in [0.3, 0.4) is 0 Å². The average molecular weight is 227 g/mol. The summed E-state index contributed by atoms with van der Waals surface area (Å²) in [7, 11) is 0. The van der Waals surface area contributed by atoms with Crippen LogP contribution in [0.25, 0.3) is 0 Å². The molecule has 1 atom stereocenters. The summed E-state index contributed by atoms with van der Waals surface area (Å²) in [6.45, 7) is 5.04. The van der Waals surface area contributed by atoms with Crippen LogP contribution >= 0.6 is 0 Å². The average Bonchev–Trinajstić information content (AvgIpc) is 2.27. The third-order valence-electron chi connectivity index (χ3n) is 2.16. The Morgan fingerprint density at radius 3 is 2.81 bits per heavy atom. The summed E-state index contributed by atoms with van der Waals surface area (Å²) in [5.41, 5.74) is 5.88. The normalized spacial score (nSPS) is 12.5. The molecule has 0 radical (unpaired) electrons. The Balaban J connectivity index is 2.69. The van der Waals surface area contributed by atoms with Crippen LogP contribution in [0.4, 0.5) is 4.39 Å². The number of ether oxygens (including phenoxy) is 2. The minimum atomic E-state index is -0.330. The smallest absolute Gasteiger partial charge is 0.131 e. The van der Waals surface area contributed by atoms with Crippen LogP contribution in [-0.4, -0.2) is 19.3 Å². The van der Waals surface area contributed by atoms with E-state index in [0.29, 0.717) is 24.5 Å². The number of hydrogen-bond donors (Lipinski definition) is 1. The lowest BCUT2D eigenvalue weighted by Crippen LogP contribution is -2.20. The van der Waals surface area contributed by atoms with Crippen LogP contribution < -0.4 is 10.5 Å². The van der Waals surface area contributed by atoms with Crippen molar-refractivity contribution in [2.24, 2.45) is 5.73 Å². The first kappa shape index (κ1) is 12.9. The van der Waals surface area contributed by atoms with Gasteiger partial charge < -0.3 is 15.2 Å². The molecule has 90 valence electrons. The molecule has 4 heteroatoms. The highest BCUT2D eigenvalue weighted by Crippen LogP contribution is 2.21. The quantitative estimate of drug-likeness (QED) is 0.809. The van der Waals surface area contributed by atoms with Gasteiger partial charge in [-0.15, -0.1) is 0 Å². The molecule has 0 aliphatic rings. The summed E-state index contributed by atoms with van der Waals surface area (Å²) in [6.07, 6.45) is -0.118. The fourth-order valence-corrected chi connectivity index (χ4v) is 1.38. The number of rotatable bonds is 6. The van der Waals surface area contributed by atoms with Crippen LogP contribution in [0, 0.1) is 5.82 Å². The van der Waals surface area contributed by atoms with E-state index in [2.05, 4.69) is 0 Å². The van der Waals surface area contributed by atoms with Gasteiger partial charge in [-0.05, 0) is 26.0 Å². The predicted octanol–water partition coefficient (Wildman–Crippen LogP) is 2.09. The second-order valence-corrected chi connectivity index (χ2v) is 3.51. The molecule has 0 aromatic heterocycles. The molecule has 0 fully saturated rings. The van der Waals surface area contributed by atoms with Crippen molar-refractivity contribution in [2.75, 3.05) is 13.2 Å². The van der Waals surface area contributed by atoms with Crippen molar-refractivity contribution in [2.45, 2.75) is 26.5 Å². The van der Waals surface area contributed by atoms with Gasteiger partial charge in [0.05, 0.1) is 6.61 Å². The van der Waals surface area contributed by atoms with Gasteiger partial charge in [-0.2, -0.15) is 0 Å². The molecule has 0 amide bonds. The molecular weight excluding hydrogens is 209 g/mol. The van der Waals surface area contributed by atoms with Gasteiger partial charge in [-0.25, -0.2) is 4.39 Å². The van der Waals surface area contributed by atoms with Crippen LogP contribution in [0.5, 0.6) is 5.75 Å².